The SMILES string of the molecule is Cc1ccc(N(CC(C)C)S(=O)(=O)c2ccc(NC(CO)CC(=O)O)c(C)c2)c(C)c1. The number of sulfonamides is 1. The predicted octanol–water partition coefficient (Wildman–Crippen LogP) is 3.71. The molecule has 0 amide bonds. The van der Waals surface area contributed by atoms with E-state index in [2.05, 4.69) is 5.32 Å². The van der Waals surface area contributed by atoms with Crippen LogP contribution in [-0.2, 0) is 14.8 Å². The maximum Gasteiger partial charge on any atom is 0.305 e. The van der Waals surface area contributed by atoms with Gasteiger partial charge in [-0.1, -0.05) is 31.5 Å². The zero-order valence-electron chi connectivity index (χ0n) is 18.7. The first-order valence-electron chi connectivity index (χ1n) is 10.3. The van der Waals surface area contributed by atoms with Crippen LogP contribution in [0.2, 0.25) is 0 Å². The van der Waals surface area contributed by atoms with Gasteiger partial charge in [-0.15, -0.1) is 0 Å². The highest BCUT2D eigenvalue weighted by Crippen LogP contribution is 2.30. The third kappa shape index (κ3) is 6.21. The van der Waals surface area contributed by atoms with Gasteiger partial charge in [-0.05, 0) is 62.1 Å². The third-order valence-corrected chi connectivity index (χ3v) is 6.71. The van der Waals surface area contributed by atoms with E-state index in [1.807, 2.05) is 45.9 Å². The predicted molar refractivity (Wildman–Crippen MR) is 123 cm³/mol. The molecule has 2 aromatic carbocycles. The van der Waals surface area contributed by atoms with Crippen LogP contribution >= 0.6 is 0 Å². The van der Waals surface area contributed by atoms with Crippen LogP contribution in [0, 0.1) is 26.7 Å². The molecule has 8 heteroatoms. The molecular weight excluding hydrogens is 416 g/mol. The van der Waals surface area contributed by atoms with Crippen LogP contribution in [0.25, 0.3) is 0 Å². The standard InChI is InChI=1S/C23H32N2O5S/c1-15(2)13-25(22-9-6-16(3)10-18(22)5)31(29,30)20-7-8-21(17(4)11-20)24-19(14-26)12-23(27)28/h6-11,15,19,24,26H,12-14H2,1-5H3,(H,27,28). The number of carboxylic acids is 1. The highest BCUT2D eigenvalue weighted by atomic mass is 32.2. The molecule has 0 bridgehead atoms. The monoisotopic (exact) mass is 448 g/mol. The molecule has 1 atom stereocenters. The smallest absolute Gasteiger partial charge is 0.305 e. The summed E-state index contributed by atoms with van der Waals surface area (Å²) in [6.07, 6.45) is -0.245. The zero-order chi connectivity index (χ0) is 23.3. The highest BCUT2D eigenvalue weighted by molar-refractivity contribution is 7.92. The molecule has 0 spiro atoms. The largest absolute Gasteiger partial charge is 0.481 e. The number of aliphatic hydroxyl groups excluding tert-OH is 1. The number of aliphatic hydroxyl groups is 1. The Labute approximate surface area is 184 Å². The summed E-state index contributed by atoms with van der Waals surface area (Å²) in [6, 6.07) is 9.74. The Kier molecular flexibility index (Phi) is 8.08. The number of anilines is 2. The molecule has 0 aliphatic rings. The summed E-state index contributed by atoms with van der Waals surface area (Å²) >= 11 is 0. The Morgan fingerprint density at radius 3 is 2.26 bits per heavy atom. The highest BCUT2D eigenvalue weighted by Gasteiger charge is 2.27. The van der Waals surface area contributed by atoms with Gasteiger partial charge in [0.2, 0.25) is 0 Å². The summed E-state index contributed by atoms with van der Waals surface area (Å²) in [5.41, 5.74) is 3.84. The number of nitrogens with zero attached hydrogens (tertiary/aromatic N) is 1. The van der Waals surface area contributed by atoms with Crippen molar-refractivity contribution < 1.29 is 23.4 Å². The maximum atomic E-state index is 13.6. The van der Waals surface area contributed by atoms with Gasteiger partial charge < -0.3 is 15.5 Å². The topological polar surface area (TPSA) is 107 Å². The van der Waals surface area contributed by atoms with Crippen LogP contribution in [0.5, 0.6) is 0 Å². The van der Waals surface area contributed by atoms with E-state index in [0.29, 0.717) is 23.5 Å². The molecule has 0 radical (unpaired) electrons. The van der Waals surface area contributed by atoms with Crippen LogP contribution in [0.4, 0.5) is 11.4 Å². The lowest BCUT2D eigenvalue weighted by atomic mass is 10.1. The van der Waals surface area contributed by atoms with E-state index in [1.54, 1.807) is 19.1 Å². The average Bonchev–Trinajstić information content (AvgIpc) is 2.66. The van der Waals surface area contributed by atoms with E-state index in [1.165, 1.54) is 10.4 Å². The average molecular weight is 449 g/mol. The lowest BCUT2D eigenvalue weighted by molar-refractivity contribution is -0.137. The molecule has 3 N–H and O–H groups in total. The Bertz CT molecular complexity index is 1030. The first-order valence-corrected chi connectivity index (χ1v) is 11.7. The van der Waals surface area contributed by atoms with Crippen molar-refractivity contribution in [3.8, 4) is 0 Å². The van der Waals surface area contributed by atoms with E-state index in [4.69, 9.17) is 5.11 Å². The Morgan fingerprint density at radius 2 is 1.74 bits per heavy atom. The van der Waals surface area contributed by atoms with Crippen molar-refractivity contribution in [2.45, 2.75) is 52.0 Å². The minimum absolute atomic E-state index is 0.124. The molecule has 7 nitrogen and oxygen atoms in total. The molecule has 0 heterocycles. The molecule has 0 aliphatic carbocycles. The Hall–Kier alpha value is -2.58. The minimum Gasteiger partial charge on any atom is -0.481 e. The molecule has 2 aromatic rings. The fourth-order valence-corrected chi connectivity index (χ4v) is 5.20. The summed E-state index contributed by atoms with van der Waals surface area (Å²) < 4.78 is 28.6. The second-order valence-electron chi connectivity index (χ2n) is 8.32. The molecular formula is C23H32N2O5S. The quantitative estimate of drug-likeness (QED) is 0.511. The molecule has 0 aliphatic heterocycles. The number of hydrogen-bond acceptors (Lipinski definition) is 5. The van der Waals surface area contributed by atoms with Crippen molar-refractivity contribution in [2.24, 2.45) is 5.92 Å². The Morgan fingerprint density at radius 1 is 1.06 bits per heavy atom. The summed E-state index contributed by atoms with van der Waals surface area (Å²) in [4.78, 5) is 11.1. The second-order valence-corrected chi connectivity index (χ2v) is 10.2. The van der Waals surface area contributed by atoms with Gasteiger partial charge in [0.1, 0.15) is 0 Å². The van der Waals surface area contributed by atoms with Crippen molar-refractivity contribution in [1.82, 2.24) is 0 Å². The number of carboxylic acid groups (broad SMARTS) is 1. The first kappa shape index (κ1) is 24.7. The summed E-state index contributed by atoms with van der Waals surface area (Å²) in [5.74, 6) is -0.903. The van der Waals surface area contributed by atoms with E-state index < -0.39 is 22.0 Å². The van der Waals surface area contributed by atoms with Crippen molar-refractivity contribution in [1.29, 1.82) is 0 Å². The van der Waals surface area contributed by atoms with Gasteiger partial charge in [0.15, 0.2) is 0 Å². The third-order valence-electron chi connectivity index (χ3n) is 4.94. The molecule has 0 saturated carbocycles. The number of benzene rings is 2. The molecule has 0 aromatic heterocycles. The molecule has 2 rings (SSSR count). The number of aryl methyl sites for hydroxylation is 3. The van der Waals surface area contributed by atoms with Crippen LogP contribution in [0.3, 0.4) is 0 Å². The maximum absolute atomic E-state index is 13.6. The number of nitrogens with one attached hydrogen (secondary N) is 1. The van der Waals surface area contributed by atoms with Crippen LogP contribution in [0.15, 0.2) is 41.3 Å². The van der Waals surface area contributed by atoms with Gasteiger partial charge in [-0.2, -0.15) is 0 Å². The van der Waals surface area contributed by atoms with Crippen molar-refractivity contribution in [3.63, 3.8) is 0 Å². The van der Waals surface area contributed by atoms with Crippen molar-refractivity contribution in [3.05, 3.63) is 53.1 Å². The van der Waals surface area contributed by atoms with Gasteiger partial charge in [-0.3, -0.25) is 9.10 Å². The fraction of sp³-hybridized carbons (Fsp3) is 0.435. The van der Waals surface area contributed by atoms with Gasteiger partial charge >= 0.3 is 5.97 Å². The first-order chi connectivity index (χ1) is 14.4. The molecule has 31 heavy (non-hydrogen) atoms. The van der Waals surface area contributed by atoms with E-state index in [-0.39, 0.29) is 23.8 Å². The van der Waals surface area contributed by atoms with E-state index >= 15 is 0 Å². The fourth-order valence-electron chi connectivity index (χ4n) is 3.42. The van der Waals surface area contributed by atoms with Gasteiger partial charge in [0.25, 0.3) is 10.0 Å². The number of carbonyl (C=O) groups is 1. The lowest BCUT2D eigenvalue weighted by Crippen LogP contribution is -2.35. The van der Waals surface area contributed by atoms with Crippen molar-refractivity contribution in [2.75, 3.05) is 22.8 Å². The number of aliphatic carboxylic acids is 1. The van der Waals surface area contributed by atoms with Crippen LogP contribution < -0.4 is 9.62 Å². The number of rotatable bonds is 10. The lowest BCUT2D eigenvalue weighted by Gasteiger charge is -2.28. The summed E-state index contributed by atoms with van der Waals surface area (Å²) in [7, 11) is -3.81. The molecule has 1 unspecified atom stereocenters. The normalized spacial score (nSPS) is 12.6. The number of hydrogen-bond donors (Lipinski definition) is 3. The van der Waals surface area contributed by atoms with E-state index in [9.17, 15) is 18.3 Å². The zero-order valence-corrected chi connectivity index (χ0v) is 19.5. The van der Waals surface area contributed by atoms with Gasteiger partial charge in [-0.25, -0.2) is 8.42 Å². The molecule has 170 valence electrons. The van der Waals surface area contributed by atoms with Crippen LogP contribution in [-0.4, -0.2) is 43.8 Å². The van der Waals surface area contributed by atoms with E-state index in [0.717, 1.165) is 11.1 Å². The van der Waals surface area contributed by atoms with Crippen LogP contribution in [0.1, 0.15) is 37.0 Å². The molecule has 0 fully saturated rings. The Balaban J connectivity index is 2.43. The van der Waals surface area contributed by atoms with Crippen molar-refractivity contribution >= 4 is 27.4 Å². The summed E-state index contributed by atoms with van der Waals surface area (Å²) in [6.45, 7) is 9.57. The van der Waals surface area contributed by atoms with Gasteiger partial charge in [0.05, 0.1) is 29.7 Å². The molecule has 0 saturated heterocycles. The summed E-state index contributed by atoms with van der Waals surface area (Å²) in [5, 5.41) is 21.3. The second kappa shape index (κ2) is 10.2. The minimum atomic E-state index is -3.81. The van der Waals surface area contributed by atoms with Gasteiger partial charge in [0, 0.05) is 12.2 Å².